The number of hydrazine groups is 1. The Labute approximate surface area is 215 Å². The summed E-state index contributed by atoms with van der Waals surface area (Å²) in [6, 6.07) is 7.82. The average Bonchev–Trinajstić information content (AvgIpc) is 2.79. The lowest BCUT2D eigenvalue weighted by Gasteiger charge is -2.28. The Hall–Kier alpha value is -2.94. The van der Waals surface area contributed by atoms with Crippen LogP contribution in [0.2, 0.25) is 0 Å². The van der Waals surface area contributed by atoms with Crippen LogP contribution in [-0.2, 0) is 25.6 Å². The van der Waals surface area contributed by atoms with Crippen LogP contribution < -0.4 is 27.2 Å². The standard InChI is InChI=1S/C27H45N5O4/c1-17(2)14-22(30-24(34)15-18(3)4)26(35)31-25(19(5)6)27(36)29-21(12-13-23(33)32-28)16-20-10-8-7-9-11-20/h7-11,17-19,21-22,25H,12-16,28H2,1-6H3,(H,29,36)(H,30,34)(H,31,35)(H,32,33). The first kappa shape index (κ1) is 31.1. The molecule has 3 atom stereocenters. The summed E-state index contributed by atoms with van der Waals surface area (Å²) in [6.45, 7) is 11.6. The van der Waals surface area contributed by atoms with Crippen molar-refractivity contribution in [2.24, 2.45) is 23.6 Å². The van der Waals surface area contributed by atoms with E-state index in [-0.39, 0.29) is 53.8 Å². The van der Waals surface area contributed by atoms with Crippen molar-refractivity contribution in [1.29, 1.82) is 0 Å². The number of carbonyl (C=O) groups is 4. The fourth-order valence-corrected chi connectivity index (χ4v) is 3.91. The highest BCUT2D eigenvalue weighted by molar-refractivity contribution is 5.92. The highest BCUT2D eigenvalue weighted by Crippen LogP contribution is 2.12. The average molecular weight is 504 g/mol. The molecular weight excluding hydrogens is 458 g/mol. The monoisotopic (exact) mass is 503 g/mol. The first-order valence-corrected chi connectivity index (χ1v) is 12.9. The molecule has 4 amide bonds. The number of rotatable bonds is 15. The topological polar surface area (TPSA) is 142 Å². The van der Waals surface area contributed by atoms with E-state index in [0.717, 1.165) is 5.56 Å². The maximum absolute atomic E-state index is 13.3. The summed E-state index contributed by atoms with van der Waals surface area (Å²) in [5, 5.41) is 8.71. The van der Waals surface area contributed by atoms with Gasteiger partial charge in [0.2, 0.25) is 23.6 Å². The van der Waals surface area contributed by atoms with E-state index in [4.69, 9.17) is 5.84 Å². The molecule has 0 fully saturated rings. The number of hydrogen-bond donors (Lipinski definition) is 5. The predicted molar refractivity (Wildman–Crippen MR) is 141 cm³/mol. The molecule has 1 aromatic carbocycles. The van der Waals surface area contributed by atoms with Crippen molar-refractivity contribution >= 4 is 23.6 Å². The van der Waals surface area contributed by atoms with Crippen LogP contribution in [0.5, 0.6) is 0 Å². The summed E-state index contributed by atoms with van der Waals surface area (Å²) in [5.74, 6) is 4.17. The summed E-state index contributed by atoms with van der Waals surface area (Å²) in [7, 11) is 0. The number of carbonyl (C=O) groups excluding carboxylic acids is 4. The number of nitrogens with two attached hydrogens (primary N) is 1. The van der Waals surface area contributed by atoms with Gasteiger partial charge in [-0.3, -0.25) is 24.6 Å². The molecule has 0 radical (unpaired) electrons. The highest BCUT2D eigenvalue weighted by atomic mass is 16.2. The van der Waals surface area contributed by atoms with Crippen molar-refractivity contribution in [2.75, 3.05) is 0 Å². The lowest BCUT2D eigenvalue weighted by atomic mass is 9.97. The fraction of sp³-hybridized carbons (Fsp3) is 0.630. The Bertz CT molecular complexity index is 842. The maximum atomic E-state index is 13.3. The quantitative estimate of drug-likeness (QED) is 0.142. The summed E-state index contributed by atoms with van der Waals surface area (Å²) < 4.78 is 0. The minimum Gasteiger partial charge on any atom is -0.351 e. The Morgan fingerprint density at radius 2 is 1.44 bits per heavy atom. The molecule has 0 heterocycles. The molecule has 1 aromatic rings. The van der Waals surface area contributed by atoms with Crippen molar-refractivity contribution in [1.82, 2.24) is 21.4 Å². The largest absolute Gasteiger partial charge is 0.351 e. The second-order valence-electron chi connectivity index (χ2n) is 10.6. The van der Waals surface area contributed by atoms with Gasteiger partial charge in [0.1, 0.15) is 12.1 Å². The van der Waals surface area contributed by atoms with Gasteiger partial charge in [0.05, 0.1) is 0 Å². The molecule has 0 spiro atoms. The smallest absolute Gasteiger partial charge is 0.243 e. The normalized spacial score (nSPS) is 13.7. The van der Waals surface area contributed by atoms with Crippen LogP contribution in [0.25, 0.3) is 0 Å². The molecule has 36 heavy (non-hydrogen) atoms. The lowest BCUT2D eigenvalue weighted by Crippen LogP contribution is -2.57. The molecule has 3 unspecified atom stereocenters. The van der Waals surface area contributed by atoms with Crippen LogP contribution in [0.4, 0.5) is 0 Å². The Morgan fingerprint density at radius 3 is 1.97 bits per heavy atom. The van der Waals surface area contributed by atoms with Gasteiger partial charge in [0, 0.05) is 18.9 Å². The zero-order chi connectivity index (χ0) is 27.3. The second kappa shape index (κ2) is 15.9. The van der Waals surface area contributed by atoms with Crippen LogP contribution >= 0.6 is 0 Å². The molecule has 0 saturated carbocycles. The molecule has 0 aliphatic heterocycles. The molecular formula is C27H45N5O4. The van der Waals surface area contributed by atoms with Gasteiger partial charge in [-0.25, -0.2) is 5.84 Å². The van der Waals surface area contributed by atoms with Crippen LogP contribution in [0.15, 0.2) is 30.3 Å². The minimum absolute atomic E-state index is 0.158. The van der Waals surface area contributed by atoms with E-state index in [1.165, 1.54) is 0 Å². The van der Waals surface area contributed by atoms with E-state index in [2.05, 4.69) is 21.4 Å². The molecule has 9 nitrogen and oxygen atoms in total. The van der Waals surface area contributed by atoms with Crippen LogP contribution in [0.3, 0.4) is 0 Å². The molecule has 0 saturated heterocycles. The van der Waals surface area contributed by atoms with E-state index in [0.29, 0.717) is 25.7 Å². The van der Waals surface area contributed by atoms with Crippen LogP contribution in [0, 0.1) is 17.8 Å². The maximum Gasteiger partial charge on any atom is 0.243 e. The van der Waals surface area contributed by atoms with Gasteiger partial charge in [0.25, 0.3) is 0 Å². The number of amides is 4. The summed E-state index contributed by atoms with van der Waals surface area (Å²) >= 11 is 0. The van der Waals surface area contributed by atoms with Gasteiger partial charge in [0.15, 0.2) is 0 Å². The third-order valence-electron chi connectivity index (χ3n) is 5.75. The van der Waals surface area contributed by atoms with E-state index >= 15 is 0 Å². The van der Waals surface area contributed by atoms with Gasteiger partial charge in [-0.1, -0.05) is 71.9 Å². The Morgan fingerprint density at radius 1 is 0.806 bits per heavy atom. The van der Waals surface area contributed by atoms with E-state index in [1.54, 1.807) is 0 Å². The summed E-state index contributed by atoms with van der Waals surface area (Å²) in [5.41, 5.74) is 3.14. The lowest BCUT2D eigenvalue weighted by molar-refractivity contribution is -0.133. The minimum atomic E-state index is -0.796. The SMILES string of the molecule is CC(C)CC(=O)NC(CC(C)C)C(=O)NC(C(=O)NC(CCC(=O)NN)Cc1ccccc1)C(C)C. The van der Waals surface area contributed by atoms with Crippen molar-refractivity contribution in [3.63, 3.8) is 0 Å². The van der Waals surface area contributed by atoms with Gasteiger partial charge >= 0.3 is 0 Å². The van der Waals surface area contributed by atoms with Gasteiger partial charge in [-0.15, -0.1) is 0 Å². The van der Waals surface area contributed by atoms with Crippen molar-refractivity contribution in [3.05, 3.63) is 35.9 Å². The molecule has 0 aromatic heterocycles. The van der Waals surface area contributed by atoms with E-state index in [1.807, 2.05) is 71.9 Å². The summed E-state index contributed by atoms with van der Waals surface area (Å²) in [4.78, 5) is 50.6. The van der Waals surface area contributed by atoms with E-state index in [9.17, 15) is 19.2 Å². The molecule has 202 valence electrons. The molecule has 0 aliphatic rings. The fourth-order valence-electron chi connectivity index (χ4n) is 3.91. The van der Waals surface area contributed by atoms with Crippen LogP contribution in [0.1, 0.15) is 72.8 Å². The van der Waals surface area contributed by atoms with Gasteiger partial charge < -0.3 is 16.0 Å². The zero-order valence-corrected chi connectivity index (χ0v) is 22.6. The first-order valence-electron chi connectivity index (χ1n) is 12.9. The third-order valence-corrected chi connectivity index (χ3v) is 5.75. The third kappa shape index (κ3) is 12.2. The predicted octanol–water partition coefficient (Wildman–Crippen LogP) is 2.20. The number of benzene rings is 1. The van der Waals surface area contributed by atoms with Crippen molar-refractivity contribution in [3.8, 4) is 0 Å². The van der Waals surface area contributed by atoms with Crippen molar-refractivity contribution in [2.45, 2.75) is 91.8 Å². The summed E-state index contributed by atoms with van der Waals surface area (Å²) in [6.07, 6.45) is 1.87. The van der Waals surface area contributed by atoms with Crippen LogP contribution in [-0.4, -0.2) is 41.8 Å². The highest BCUT2D eigenvalue weighted by Gasteiger charge is 2.30. The first-order chi connectivity index (χ1) is 16.9. The van der Waals surface area contributed by atoms with Gasteiger partial charge in [-0.05, 0) is 42.6 Å². The molecule has 0 bridgehead atoms. The molecule has 1 rings (SSSR count). The molecule has 6 N–H and O–H groups in total. The van der Waals surface area contributed by atoms with Crippen molar-refractivity contribution < 1.29 is 19.2 Å². The second-order valence-corrected chi connectivity index (χ2v) is 10.6. The van der Waals surface area contributed by atoms with E-state index < -0.39 is 12.1 Å². The Balaban J connectivity index is 2.97. The van der Waals surface area contributed by atoms with Gasteiger partial charge in [-0.2, -0.15) is 0 Å². The zero-order valence-electron chi connectivity index (χ0n) is 22.6. The molecule has 9 heteroatoms. The molecule has 0 aliphatic carbocycles. The number of hydrogen-bond acceptors (Lipinski definition) is 5. The Kier molecular flexibility index (Phi) is 13.8. The number of nitrogens with one attached hydrogen (secondary N) is 4.